The van der Waals surface area contributed by atoms with E-state index in [2.05, 4.69) is 39.7 Å². The Morgan fingerprint density at radius 2 is 1.89 bits per heavy atom. The number of nitrogens with one attached hydrogen (secondary N) is 1. The third kappa shape index (κ3) is 3.83. The normalized spacial score (nSPS) is 23.6. The van der Waals surface area contributed by atoms with Crippen LogP contribution in [0.3, 0.4) is 0 Å². The van der Waals surface area contributed by atoms with Gasteiger partial charge in [0.15, 0.2) is 0 Å². The largest absolute Gasteiger partial charge is 0.374 e. The second-order valence-corrected chi connectivity index (χ2v) is 6.37. The summed E-state index contributed by atoms with van der Waals surface area (Å²) in [4.78, 5) is 0. The van der Waals surface area contributed by atoms with Gasteiger partial charge in [-0.1, -0.05) is 19.9 Å². The van der Waals surface area contributed by atoms with Gasteiger partial charge in [-0.15, -0.1) is 6.58 Å². The van der Waals surface area contributed by atoms with Gasteiger partial charge in [0.25, 0.3) is 0 Å². The van der Waals surface area contributed by atoms with Crippen LogP contribution in [0.1, 0.15) is 59.3 Å². The quantitative estimate of drug-likeness (QED) is 0.694. The van der Waals surface area contributed by atoms with Crippen molar-refractivity contribution in [1.29, 1.82) is 0 Å². The minimum absolute atomic E-state index is 0.0437. The Bertz CT molecular complexity index is 250. The van der Waals surface area contributed by atoms with Crippen LogP contribution in [0.2, 0.25) is 0 Å². The van der Waals surface area contributed by atoms with E-state index in [-0.39, 0.29) is 5.60 Å². The molecule has 0 radical (unpaired) electrons. The predicted octanol–water partition coefficient (Wildman–Crippen LogP) is 3.92. The summed E-state index contributed by atoms with van der Waals surface area (Å²) in [5, 5.41) is 3.49. The molecule has 0 spiro atoms. The van der Waals surface area contributed by atoms with Crippen molar-refractivity contribution in [2.45, 2.75) is 70.9 Å². The van der Waals surface area contributed by atoms with Gasteiger partial charge in [-0.3, -0.25) is 0 Å². The van der Waals surface area contributed by atoms with Crippen molar-refractivity contribution >= 4 is 0 Å². The summed E-state index contributed by atoms with van der Waals surface area (Å²) >= 11 is 0. The lowest BCUT2D eigenvalue weighted by Crippen LogP contribution is -2.54. The molecular weight excluding hydrogens is 222 g/mol. The molecule has 1 N–H and O–H groups in total. The Morgan fingerprint density at radius 1 is 1.28 bits per heavy atom. The first-order valence-electron chi connectivity index (χ1n) is 7.42. The highest BCUT2D eigenvalue weighted by molar-refractivity contribution is 4.99. The van der Waals surface area contributed by atoms with E-state index in [1.54, 1.807) is 0 Å². The lowest BCUT2D eigenvalue weighted by molar-refractivity contribution is -0.106. The van der Waals surface area contributed by atoms with Crippen LogP contribution in [0.5, 0.6) is 0 Å². The van der Waals surface area contributed by atoms with Gasteiger partial charge in [-0.25, -0.2) is 0 Å². The molecule has 106 valence electrons. The first-order chi connectivity index (χ1) is 8.49. The van der Waals surface area contributed by atoms with E-state index < -0.39 is 0 Å². The summed E-state index contributed by atoms with van der Waals surface area (Å²) in [6.45, 7) is 11.5. The zero-order valence-electron chi connectivity index (χ0n) is 12.7. The number of allylic oxidation sites excluding steroid dienone is 1. The lowest BCUT2D eigenvalue weighted by atomic mass is 9.68. The van der Waals surface area contributed by atoms with Gasteiger partial charge in [0.2, 0.25) is 0 Å². The number of ether oxygens (including phenoxy) is 1. The zero-order valence-corrected chi connectivity index (χ0v) is 12.7. The maximum Gasteiger partial charge on any atom is 0.0835 e. The maximum atomic E-state index is 6.22. The summed E-state index contributed by atoms with van der Waals surface area (Å²) in [6.07, 6.45) is 9.08. The predicted molar refractivity (Wildman–Crippen MR) is 78.9 cm³/mol. The van der Waals surface area contributed by atoms with Crippen molar-refractivity contribution in [3.63, 3.8) is 0 Å². The molecule has 1 fully saturated rings. The summed E-state index contributed by atoms with van der Waals surface area (Å²) < 4.78 is 6.22. The van der Waals surface area contributed by atoms with Crippen LogP contribution in [0.25, 0.3) is 0 Å². The number of rotatable bonds is 7. The lowest BCUT2D eigenvalue weighted by Gasteiger charge is -2.47. The molecule has 1 rings (SSSR count). The van der Waals surface area contributed by atoms with Crippen molar-refractivity contribution in [1.82, 2.24) is 5.32 Å². The molecule has 0 heterocycles. The fourth-order valence-corrected chi connectivity index (χ4v) is 3.19. The van der Waals surface area contributed by atoms with Gasteiger partial charge in [-0.2, -0.15) is 0 Å². The smallest absolute Gasteiger partial charge is 0.0835 e. The van der Waals surface area contributed by atoms with Gasteiger partial charge in [0, 0.05) is 12.6 Å². The summed E-state index contributed by atoms with van der Waals surface area (Å²) in [6, 6.07) is 0.451. The molecule has 0 aliphatic heterocycles. The molecular formula is C16H31NO. The molecule has 18 heavy (non-hydrogen) atoms. The van der Waals surface area contributed by atoms with E-state index in [0.29, 0.717) is 11.5 Å². The van der Waals surface area contributed by atoms with Crippen molar-refractivity contribution in [2.75, 3.05) is 13.7 Å². The van der Waals surface area contributed by atoms with E-state index in [1.807, 2.05) is 6.08 Å². The molecule has 1 saturated carbocycles. The third-order valence-electron chi connectivity index (χ3n) is 4.52. The highest BCUT2D eigenvalue weighted by Crippen LogP contribution is 2.44. The van der Waals surface area contributed by atoms with Gasteiger partial charge in [-0.05, 0) is 57.9 Å². The minimum Gasteiger partial charge on any atom is -0.374 e. The van der Waals surface area contributed by atoms with Crippen LogP contribution >= 0.6 is 0 Å². The molecule has 1 aliphatic carbocycles. The molecule has 0 aromatic carbocycles. The Labute approximate surface area is 113 Å². The molecule has 1 aliphatic rings. The van der Waals surface area contributed by atoms with E-state index in [4.69, 9.17) is 4.74 Å². The number of likely N-dealkylation sites (N-methyl/N-ethyl adjacent to an activating group) is 1. The van der Waals surface area contributed by atoms with E-state index in [1.165, 1.54) is 25.7 Å². The summed E-state index contributed by atoms with van der Waals surface area (Å²) in [5.74, 6) is 0. The molecule has 1 atom stereocenters. The fourth-order valence-electron chi connectivity index (χ4n) is 3.19. The second-order valence-electron chi connectivity index (χ2n) is 6.37. The van der Waals surface area contributed by atoms with Crippen LogP contribution < -0.4 is 5.32 Å². The molecule has 0 amide bonds. The molecule has 0 bridgehead atoms. The number of hydrogen-bond donors (Lipinski definition) is 1. The van der Waals surface area contributed by atoms with Crippen molar-refractivity contribution < 1.29 is 4.74 Å². The molecule has 2 heteroatoms. The van der Waals surface area contributed by atoms with Gasteiger partial charge in [0.1, 0.15) is 0 Å². The highest BCUT2D eigenvalue weighted by atomic mass is 16.5. The summed E-state index contributed by atoms with van der Waals surface area (Å²) in [5.41, 5.74) is 0.527. The Morgan fingerprint density at radius 3 is 2.33 bits per heavy atom. The SMILES string of the molecule is C=CCCC(NC)C1(OCC)CCC(C)(C)CC1. The zero-order chi connectivity index (χ0) is 13.6. The minimum atomic E-state index is 0.0437. The highest BCUT2D eigenvalue weighted by Gasteiger charge is 2.43. The second kappa shape index (κ2) is 6.72. The standard InChI is InChI=1S/C16H31NO/c1-6-8-9-14(17-5)16(18-7-2)12-10-15(3,4)11-13-16/h6,14,17H,1,7-13H2,2-5H3. The Balaban J connectivity index is 2.75. The molecule has 1 unspecified atom stereocenters. The first-order valence-corrected chi connectivity index (χ1v) is 7.42. The van der Waals surface area contributed by atoms with Crippen LogP contribution in [-0.2, 0) is 4.74 Å². The van der Waals surface area contributed by atoms with Crippen molar-refractivity contribution in [3.8, 4) is 0 Å². The third-order valence-corrected chi connectivity index (χ3v) is 4.52. The van der Waals surface area contributed by atoms with Crippen LogP contribution in [0.15, 0.2) is 12.7 Å². The Hall–Kier alpha value is -0.340. The van der Waals surface area contributed by atoms with Crippen molar-refractivity contribution in [2.24, 2.45) is 5.41 Å². The van der Waals surface area contributed by atoms with E-state index >= 15 is 0 Å². The average molecular weight is 253 g/mol. The van der Waals surface area contributed by atoms with Crippen molar-refractivity contribution in [3.05, 3.63) is 12.7 Å². The Kier molecular flexibility index (Phi) is 5.87. The first kappa shape index (κ1) is 15.7. The fraction of sp³-hybridized carbons (Fsp3) is 0.875. The molecule has 2 nitrogen and oxygen atoms in total. The van der Waals surface area contributed by atoms with Crippen LogP contribution in [0, 0.1) is 5.41 Å². The number of hydrogen-bond acceptors (Lipinski definition) is 2. The topological polar surface area (TPSA) is 21.3 Å². The van der Waals surface area contributed by atoms with Gasteiger partial charge < -0.3 is 10.1 Å². The maximum absolute atomic E-state index is 6.22. The van der Waals surface area contributed by atoms with E-state index in [9.17, 15) is 0 Å². The van der Waals surface area contributed by atoms with Crippen LogP contribution in [-0.4, -0.2) is 25.3 Å². The molecule has 0 aromatic rings. The monoisotopic (exact) mass is 253 g/mol. The summed E-state index contributed by atoms with van der Waals surface area (Å²) in [7, 11) is 2.06. The molecule has 0 aromatic heterocycles. The molecule has 0 saturated heterocycles. The van der Waals surface area contributed by atoms with Gasteiger partial charge >= 0.3 is 0 Å². The average Bonchev–Trinajstić information content (AvgIpc) is 2.34. The van der Waals surface area contributed by atoms with E-state index in [0.717, 1.165) is 19.4 Å². The van der Waals surface area contributed by atoms with Crippen LogP contribution in [0.4, 0.5) is 0 Å². The van der Waals surface area contributed by atoms with Gasteiger partial charge in [0.05, 0.1) is 5.60 Å².